The Balaban J connectivity index is 2.21. The van der Waals surface area contributed by atoms with Gasteiger partial charge in [-0.3, -0.25) is 0 Å². The fraction of sp³-hybridized carbons (Fsp3) is 0.167. The van der Waals surface area contributed by atoms with Crippen molar-refractivity contribution >= 4 is 11.3 Å². The number of hydrogen-bond acceptors (Lipinski definition) is 3. The van der Waals surface area contributed by atoms with Gasteiger partial charge in [0.25, 0.3) is 0 Å². The van der Waals surface area contributed by atoms with Crippen molar-refractivity contribution in [1.82, 2.24) is 0 Å². The SMILES string of the molecule is Cc1ccc(Cc2ccc(O)c(O)c2)s1. The van der Waals surface area contributed by atoms with Gasteiger partial charge < -0.3 is 10.2 Å². The lowest BCUT2D eigenvalue weighted by Gasteiger charge is -2.01. The standard InChI is InChI=1S/C12H12O2S/c1-8-2-4-10(15-8)6-9-3-5-11(13)12(14)7-9/h2-5,7,13-14H,6H2,1H3. The van der Waals surface area contributed by atoms with Crippen LogP contribution in [0.2, 0.25) is 0 Å². The summed E-state index contributed by atoms with van der Waals surface area (Å²) in [5.41, 5.74) is 1.01. The maximum atomic E-state index is 9.34. The minimum absolute atomic E-state index is 0.0548. The number of thiophene rings is 1. The summed E-state index contributed by atoms with van der Waals surface area (Å²) < 4.78 is 0. The quantitative estimate of drug-likeness (QED) is 0.764. The van der Waals surface area contributed by atoms with Gasteiger partial charge >= 0.3 is 0 Å². The van der Waals surface area contributed by atoms with E-state index in [1.807, 2.05) is 6.07 Å². The van der Waals surface area contributed by atoms with Crippen LogP contribution in [0.15, 0.2) is 30.3 Å². The van der Waals surface area contributed by atoms with Gasteiger partial charge in [-0.15, -0.1) is 11.3 Å². The Bertz CT molecular complexity index is 474. The molecule has 0 spiro atoms. The number of aryl methyl sites for hydroxylation is 1. The highest BCUT2D eigenvalue weighted by Crippen LogP contribution is 2.27. The van der Waals surface area contributed by atoms with Gasteiger partial charge in [0.05, 0.1) is 0 Å². The molecule has 3 heteroatoms. The normalized spacial score (nSPS) is 10.5. The van der Waals surface area contributed by atoms with Crippen LogP contribution in [0, 0.1) is 6.92 Å². The van der Waals surface area contributed by atoms with Crippen molar-refractivity contribution in [3.63, 3.8) is 0 Å². The minimum atomic E-state index is -0.0684. The molecule has 1 aromatic heterocycles. The molecule has 0 amide bonds. The second-order valence-electron chi connectivity index (χ2n) is 3.51. The van der Waals surface area contributed by atoms with Crippen LogP contribution in [-0.2, 0) is 6.42 Å². The fourth-order valence-corrected chi connectivity index (χ4v) is 2.38. The first-order valence-electron chi connectivity index (χ1n) is 4.71. The van der Waals surface area contributed by atoms with E-state index in [1.54, 1.807) is 17.4 Å². The van der Waals surface area contributed by atoms with Gasteiger partial charge in [0.2, 0.25) is 0 Å². The summed E-state index contributed by atoms with van der Waals surface area (Å²) in [6.45, 7) is 2.07. The molecule has 2 nitrogen and oxygen atoms in total. The molecule has 0 atom stereocenters. The van der Waals surface area contributed by atoms with Crippen molar-refractivity contribution in [2.24, 2.45) is 0 Å². The van der Waals surface area contributed by atoms with Crippen LogP contribution in [-0.4, -0.2) is 10.2 Å². The lowest BCUT2D eigenvalue weighted by Crippen LogP contribution is -1.83. The van der Waals surface area contributed by atoms with Crippen LogP contribution in [0.4, 0.5) is 0 Å². The molecule has 1 aromatic carbocycles. The van der Waals surface area contributed by atoms with Crippen LogP contribution in [0.3, 0.4) is 0 Å². The number of phenols is 2. The molecule has 0 aliphatic heterocycles. The molecule has 2 aromatic rings. The van der Waals surface area contributed by atoms with E-state index in [0.717, 1.165) is 12.0 Å². The predicted molar refractivity (Wildman–Crippen MR) is 61.6 cm³/mol. The minimum Gasteiger partial charge on any atom is -0.504 e. The van der Waals surface area contributed by atoms with Crippen LogP contribution in [0.5, 0.6) is 11.5 Å². The zero-order chi connectivity index (χ0) is 10.8. The summed E-state index contributed by atoms with van der Waals surface area (Å²) in [7, 11) is 0. The summed E-state index contributed by atoms with van der Waals surface area (Å²) >= 11 is 1.75. The Hall–Kier alpha value is -1.48. The van der Waals surface area contributed by atoms with Gasteiger partial charge in [-0.2, -0.15) is 0 Å². The summed E-state index contributed by atoms with van der Waals surface area (Å²) in [6, 6.07) is 9.11. The summed E-state index contributed by atoms with van der Waals surface area (Å²) in [6.07, 6.45) is 0.798. The topological polar surface area (TPSA) is 40.5 Å². The van der Waals surface area contributed by atoms with E-state index in [4.69, 9.17) is 5.11 Å². The van der Waals surface area contributed by atoms with Gasteiger partial charge in [0.15, 0.2) is 11.5 Å². The van der Waals surface area contributed by atoms with Crippen LogP contribution in [0.1, 0.15) is 15.3 Å². The maximum absolute atomic E-state index is 9.34. The molecule has 1 heterocycles. The Morgan fingerprint density at radius 1 is 1.07 bits per heavy atom. The van der Waals surface area contributed by atoms with Crippen molar-refractivity contribution in [2.75, 3.05) is 0 Å². The molecule has 0 radical (unpaired) electrons. The third-order valence-corrected chi connectivity index (χ3v) is 3.21. The third-order valence-electron chi connectivity index (χ3n) is 2.21. The van der Waals surface area contributed by atoms with E-state index in [-0.39, 0.29) is 11.5 Å². The van der Waals surface area contributed by atoms with E-state index in [2.05, 4.69) is 19.1 Å². The molecule has 78 valence electrons. The highest BCUT2D eigenvalue weighted by atomic mass is 32.1. The van der Waals surface area contributed by atoms with Gasteiger partial charge in [-0.25, -0.2) is 0 Å². The Kier molecular flexibility index (Phi) is 2.64. The van der Waals surface area contributed by atoms with Crippen molar-refractivity contribution in [2.45, 2.75) is 13.3 Å². The lowest BCUT2D eigenvalue weighted by molar-refractivity contribution is 0.403. The van der Waals surface area contributed by atoms with Crippen LogP contribution in [0.25, 0.3) is 0 Å². The van der Waals surface area contributed by atoms with Crippen LogP contribution < -0.4 is 0 Å². The van der Waals surface area contributed by atoms with Crippen molar-refractivity contribution in [3.8, 4) is 11.5 Å². The fourth-order valence-electron chi connectivity index (χ4n) is 1.46. The summed E-state index contributed by atoms with van der Waals surface area (Å²) in [4.78, 5) is 2.55. The van der Waals surface area contributed by atoms with E-state index in [0.29, 0.717) is 0 Å². The lowest BCUT2D eigenvalue weighted by atomic mass is 10.1. The Morgan fingerprint density at radius 2 is 1.87 bits per heavy atom. The molecule has 0 saturated carbocycles. The van der Waals surface area contributed by atoms with E-state index in [9.17, 15) is 5.11 Å². The number of aromatic hydroxyl groups is 2. The molecule has 0 aliphatic rings. The van der Waals surface area contributed by atoms with Crippen molar-refractivity contribution in [3.05, 3.63) is 45.6 Å². The zero-order valence-electron chi connectivity index (χ0n) is 8.40. The highest BCUT2D eigenvalue weighted by molar-refractivity contribution is 7.11. The molecule has 2 N–H and O–H groups in total. The average molecular weight is 220 g/mol. The predicted octanol–water partition coefficient (Wildman–Crippen LogP) is 3.06. The molecule has 0 unspecified atom stereocenters. The largest absolute Gasteiger partial charge is 0.504 e. The molecule has 0 saturated heterocycles. The molecule has 0 bridgehead atoms. The highest BCUT2D eigenvalue weighted by Gasteiger charge is 2.03. The molecule has 2 rings (SSSR count). The van der Waals surface area contributed by atoms with Crippen LogP contribution >= 0.6 is 11.3 Å². The Morgan fingerprint density at radius 3 is 2.47 bits per heavy atom. The molecular formula is C12H12O2S. The van der Waals surface area contributed by atoms with Gasteiger partial charge in [-0.1, -0.05) is 6.07 Å². The average Bonchev–Trinajstić information content (AvgIpc) is 2.58. The smallest absolute Gasteiger partial charge is 0.157 e. The third kappa shape index (κ3) is 2.30. The van der Waals surface area contributed by atoms with Crippen molar-refractivity contribution in [1.29, 1.82) is 0 Å². The monoisotopic (exact) mass is 220 g/mol. The maximum Gasteiger partial charge on any atom is 0.157 e. The van der Waals surface area contributed by atoms with E-state index < -0.39 is 0 Å². The number of rotatable bonds is 2. The summed E-state index contributed by atoms with van der Waals surface area (Å²) in [5.74, 6) is -0.123. The van der Waals surface area contributed by atoms with E-state index in [1.165, 1.54) is 15.8 Å². The van der Waals surface area contributed by atoms with Gasteiger partial charge in [-0.05, 0) is 36.8 Å². The molecule has 0 fully saturated rings. The Labute approximate surface area is 92.4 Å². The first-order valence-corrected chi connectivity index (χ1v) is 5.53. The van der Waals surface area contributed by atoms with Gasteiger partial charge in [0, 0.05) is 16.2 Å². The number of benzene rings is 1. The molecular weight excluding hydrogens is 208 g/mol. The number of phenolic OH excluding ortho intramolecular Hbond substituents is 2. The van der Waals surface area contributed by atoms with E-state index >= 15 is 0 Å². The van der Waals surface area contributed by atoms with Gasteiger partial charge in [0.1, 0.15) is 0 Å². The second kappa shape index (κ2) is 3.95. The zero-order valence-corrected chi connectivity index (χ0v) is 9.21. The second-order valence-corrected chi connectivity index (χ2v) is 4.88. The molecule has 15 heavy (non-hydrogen) atoms. The van der Waals surface area contributed by atoms with Crippen molar-refractivity contribution < 1.29 is 10.2 Å². The first-order chi connectivity index (χ1) is 7.15. The molecule has 0 aliphatic carbocycles. The number of hydrogen-bond donors (Lipinski definition) is 2. The first kappa shape index (κ1) is 10.1. The summed E-state index contributed by atoms with van der Waals surface area (Å²) in [5, 5.41) is 18.5.